The van der Waals surface area contributed by atoms with Crippen LogP contribution in [0.4, 0.5) is 0 Å². The van der Waals surface area contributed by atoms with E-state index < -0.39 is 11.7 Å². The molecule has 1 N–H and O–H groups in total. The van der Waals surface area contributed by atoms with Crippen molar-refractivity contribution in [3.8, 4) is 5.75 Å². The van der Waals surface area contributed by atoms with Gasteiger partial charge in [-0.1, -0.05) is 56.7 Å². The molecule has 4 aliphatic rings. The molecule has 1 heterocycles. The van der Waals surface area contributed by atoms with Crippen LogP contribution < -0.4 is 4.74 Å². The SMILES string of the molecule is CCCCN1C(=O)CO[C@]2(C[C@H]3[C@@H]4CCc5cc(OCOC)ccc5[C@H]4CC[C@]3(C)[C@H]2O)[C@H]1c1ccccc1. The number of morpholine rings is 1. The highest BCUT2D eigenvalue weighted by atomic mass is 16.7. The zero-order valence-corrected chi connectivity index (χ0v) is 23.6. The maximum atomic E-state index is 13.3. The fraction of sp³-hybridized carbons (Fsp3) is 0.606. The van der Waals surface area contributed by atoms with Crippen LogP contribution in [0, 0.1) is 17.3 Å². The lowest BCUT2D eigenvalue weighted by Gasteiger charge is -2.51. The number of fused-ring (bicyclic) bond motifs is 5. The maximum absolute atomic E-state index is 13.3. The number of benzene rings is 2. The van der Waals surface area contributed by atoms with Gasteiger partial charge in [0.2, 0.25) is 5.91 Å². The van der Waals surface area contributed by atoms with E-state index in [1.54, 1.807) is 7.11 Å². The number of hydrogen-bond donors (Lipinski definition) is 1. The van der Waals surface area contributed by atoms with Crippen molar-refractivity contribution < 1.29 is 24.1 Å². The highest BCUT2D eigenvalue weighted by Crippen LogP contribution is 2.66. The lowest BCUT2D eigenvalue weighted by Crippen LogP contribution is -2.61. The summed E-state index contributed by atoms with van der Waals surface area (Å²) in [6.45, 7) is 5.45. The molecule has 0 bridgehead atoms. The van der Waals surface area contributed by atoms with Crippen molar-refractivity contribution in [3.63, 3.8) is 0 Å². The van der Waals surface area contributed by atoms with Gasteiger partial charge >= 0.3 is 0 Å². The molecule has 6 heteroatoms. The zero-order valence-electron chi connectivity index (χ0n) is 23.6. The molecular formula is C33H43NO5. The topological polar surface area (TPSA) is 68.2 Å². The number of unbranched alkanes of at least 4 members (excludes halogenated alkanes) is 1. The Hall–Kier alpha value is -2.41. The molecule has 6 rings (SSSR count). The number of amides is 1. The highest BCUT2D eigenvalue weighted by molar-refractivity contribution is 5.79. The Kier molecular flexibility index (Phi) is 7.23. The van der Waals surface area contributed by atoms with Crippen LogP contribution >= 0.6 is 0 Å². The third-order valence-corrected chi connectivity index (χ3v) is 10.5. The van der Waals surface area contributed by atoms with E-state index in [1.165, 1.54) is 11.1 Å². The predicted octanol–water partition coefficient (Wildman–Crippen LogP) is 5.64. The van der Waals surface area contributed by atoms with E-state index in [0.29, 0.717) is 24.3 Å². The summed E-state index contributed by atoms with van der Waals surface area (Å²) in [5.41, 5.74) is 2.85. The van der Waals surface area contributed by atoms with Gasteiger partial charge in [0.15, 0.2) is 6.79 Å². The van der Waals surface area contributed by atoms with Crippen LogP contribution in [0.15, 0.2) is 48.5 Å². The Labute approximate surface area is 232 Å². The van der Waals surface area contributed by atoms with Gasteiger partial charge in [0.1, 0.15) is 18.0 Å². The fourth-order valence-electron chi connectivity index (χ4n) is 8.71. The number of rotatable bonds is 7. The number of ether oxygens (including phenoxy) is 3. The number of aliphatic hydroxyl groups is 1. The summed E-state index contributed by atoms with van der Waals surface area (Å²) in [6, 6.07) is 16.5. The zero-order chi connectivity index (χ0) is 27.2. The van der Waals surface area contributed by atoms with E-state index in [1.807, 2.05) is 23.1 Å². The Morgan fingerprint density at radius 1 is 1.15 bits per heavy atom. The lowest BCUT2D eigenvalue weighted by molar-refractivity contribution is -0.208. The summed E-state index contributed by atoms with van der Waals surface area (Å²) in [5, 5.41) is 12.3. The quantitative estimate of drug-likeness (QED) is 0.467. The molecule has 2 aromatic rings. The standard InChI is InChI=1S/C33H43NO5/c1-4-5-17-34-29(35)20-39-33(30(34)22-9-7-6-8-10-22)19-28-27-13-11-23-18-24(38-21-37-3)12-14-25(23)26(27)15-16-32(28,2)31(33)36/h6-10,12,14,18,26-28,30-31,36H,4-5,11,13,15-17,19-21H2,1-3H3/t26-,27-,28+,30-,31-,32+,33-/m1/s1. The number of aliphatic hydroxyl groups excluding tert-OH is 1. The maximum Gasteiger partial charge on any atom is 0.249 e. The monoisotopic (exact) mass is 533 g/mol. The van der Waals surface area contributed by atoms with Crippen molar-refractivity contribution in [1.29, 1.82) is 0 Å². The van der Waals surface area contributed by atoms with E-state index in [9.17, 15) is 9.90 Å². The van der Waals surface area contributed by atoms with Crippen LogP contribution in [0.5, 0.6) is 5.75 Å². The van der Waals surface area contributed by atoms with Gasteiger partial charge in [-0.05, 0) is 90.5 Å². The summed E-state index contributed by atoms with van der Waals surface area (Å²) in [6.07, 6.45) is 6.24. The molecule has 2 aromatic carbocycles. The number of methoxy groups -OCH3 is 1. The molecule has 3 fully saturated rings. The molecule has 210 valence electrons. The van der Waals surface area contributed by atoms with Crippen LogP contribution in [0.25, 0.3) is 0 Å². The van der Waals surface area contributed by atoms with Crippen molar-refractivity contribution in [2.75, 3.05) is 27.1 Å². The predicted molar refractivity (Wildman–Crippen MR) is 149 cm³/mol. The van der Waals surface area contributed by atoms with Crippen molar-refractivity contribution in [2.24, 2.45) is 17.3 Å². The molecule has 1 aliphatic heterocycles. The number of aryl methyl sites for hydroxylation is 1. The van der Waals surface area contributed by atoms with E-state index >= 15 is 0 Å². The van der Waals surface area contributed by atoms with Gasteiger partial charge in [0, 0.05) is 13.7 Å². The number of carbonyl (C=O) groups is 1. The Balaban J connectivity index is 1.36. The smallest absolute Gasteiger partial charge is 0.249 e. The van der Waals surface area contributed by atoms with Gasteiger partial charge < -0.3 is 24.2 Å². The summed E-state index contributed by atoms with van der Waals surface area (Å²) in [7, 11) is 1.64. The summed E-state index contributed by atoms with van der Waals surface area (Å²) >= 11 is 0. The largest absolute Gasteiger partial charge is 0.468 e. The van der Waals surface area contributed by atoms with Crippen LogP contribution in [-0.2, 0) is 20.7 Å². The first-order chi connectivity index (χ1) is 18.9. The van der Waals surface area contributed by atoms with Gasteiger partial charge in [-0.2, -0.15) is 0 Å². The van der Waals surface area contributed by atoms with Gasteiger partial charge in [0.05, 0.1) is 12.1 Å². The third-order valence-electron chi connectivity index (χ3n) is 10.5. The normalized spacial score (nSPS) is 35.4. The van der Waals surface area contributed by atoms with Crippen LogP contribution in [0.1, 0.15) is 81.0 Å². The molecule has 0 radical (unpaired) electrons. The Bertz CT molecular complexity index is 1190. The van der Waals surface area contributed by atoms with Crippen LogP contribution in [0.3, 0.4) is 0 Å². The van der Waals surface area contributed by atoms with Crippen molar-refractivity contribution >= 4 is 5.91 Å². The molecule has 2 saturated carbocycles. The number of nitrogens with zero attached hydrogens (tertiary/aromatic N) is 1. The Morgan fingerprint density at radius 3 is 2.74 bits per heavy atom. The van der Waals surface area contributed by atoms with Crippen molar-refractivity contribution in [2.45, 2.75) is 82.5 Å². The second-order valence-corrected chi connectivity index (χ2v) is 12.5. The molecule has 0 unspecified atom stereocenters. The molecular weight excluding hydrogens is 490 g/mol. The first-order valence-electron chi connectivity index (χ1n) is 14.8. The molecule has 6 nitrogen and oxygen atoms in total. The second kappa shape index (κ2) is 10.5. The van der Waals surface area contributed by atoms with Crippen LogP contribution in [-0.4, -0.2) is 54.7 Å². The van der Waals surface area contributed by atoms with Crippen molar-refractivity contribution in [1.82, 2.24) is 4.90 Å². The summed E-state index contributed by atoms with van der Waals surface area (Å²) < 4.78 is 17.4. The van der Waals surface area contributed by atoms with E-state index in [2.05, 4.69) is 44.2 Å². The highest BCUT2D eigenvalue weighted by Gasteiger charge is 2.69. The minimum atomic E-state index is -0.796. The molecule has 1 spiro atoms. The number of hydrogen-bond acceptors (Lipinski definition) is 5. The van der Waals surface area contributed by atoms with Crippen LogP contribution in [0.2, 0.25) is 0 Å². The van der Waals surface area contributed by atoms with Gasteiger partial charge in [-0.25, -0.2) is 0 Å². The minimum Gasteiger partial charge on any atom is -0.468 e. The first kappa shape index (κ1) is 26.8. The van der Waals surface area contributed by atoms with Crippen molar-refractivity contribution in [3.05, 3.63) is 65.2 Å². The number of carbonyl (C=O) groups excluding carboxylic acids is 1. The average Bonchev–Trinajstić information content (AvgIpc) is 3.19. The van der Waals surface area contributed by atoms with Gasteiger partial charge in [-0.15, -0.1) is 0 Å². The third kappa shape index (κ3) is 4.30. The molecule has 7 atom stereocenters. The Morgan fingerprint density at radius 2 is 1.97 bits per heavy atom. The molecule has 3 aliphatic carbocycles. The average molecular weight is 534 g/mol. The summed E-state index contributed by atoms with van der Waals surface area (Å²) in [4.78, 5) is 15.3. The van der Waals surface area contributed by atoms with Gasteiger partial charge in [0.25, 0.3) is 0 Å². The fourth-order valence-corrected chi connectivity index (χ4v) is 8.71. The summed E-state index contributed by atoms with van der Waals surface area (Å²) in [5.74, 6) is 2.19. The minimum absolute atomic E-state index is 0.0334. The van der Waals surface area contributed by atoms with Gasteiger partial charge in [-0.3, -0.25) is 4.79 Å². The second-order valence-electron chi connectivity index (χ2n) is 12.5. The first-order valence-corrected chi connectivity index (χ1v) is 14.8. The molecule has 39 heavy (non-hydrogen) atoms. The van der Waals surface area contributed by atoms with E-state index in [0.717, 1.165) is 56.3 Å². The lowest BCUT2D eigenvalue weighted by atomic mass is 9.55. The molecule has 1 amide bonds. The molecule has 0 aromatic heterocycles. The molecule has 1 saturated heterocycles. The van der Waals surface area contributed by atoms with E-state index in [-0.39, 0.29) is 30.8 Å². The van der Waals surface area contributed by atoms with E-state index in [4.69, 9.17) is 14.2 Å².